The SMILES string of the molecule is CCCC(C)(O)C#Cc1cccc(CCCN)c1. The van der Waals surface area contributed by atoms with E-state index in [2.05, 4.69) is 24.0 Å². The standard InChI is InChI=1S/C16H23NO/c1-3-10-16(2,18)11-9-15-7-4-6-14(13-15)8-5-12-17/h4,6-7,13,18H,3,5,8,10,12,17H2,1-2H3. The molecule has 0 aliphatic rings. The highest BCUT2D eigenvalue weighted by molar-refractivity contribution is 5.38. The summed E-state index contributed by atoms with van der Waals surface area (Å²) in [5.41, 5.74) is 6.83. The van der Waals surface area contributed by atoms with Crippen LogP contribution >= 0.6 is 0 Å². The Morgan fingerprint density at radius 3 is 2.83 bits per heavy atom. The van der Waals surface area contributed by atoms with Gasteiger partial charge in [-0.25, -0.2) is 0 Å². The Labute approximate surface area is 110 Å². The molecule has 0 saturated carbocycles. The number of rotatable bonds is 5. The molecule has 0 saturated heterocycles. The van der Waals surface area contributed by atoms with E-state index in [0.717, 1.165) is 24.8 Å². The van der Waals surface area contributed by atoms with Crippen LogP contribution in [0.15, 0.2) is 24.3 Å². The maximum Gasteiger partial charge on any atom is 0.123 e. The number of aliphatic hydroxyl groups is 1. The molecule has 0 heterocycles. The molecule has 0 aliphatic heterocycles. The Balaban J connectivity index is 2.76. The molecule has 1 unspecified atom stereocenters. The van der Waals surface area contributed by atoms with Gasteiger partial charge in [0.25, 0.3) is 0 Å². The average molecular weight is 245 g/mol. The Morgan fingerprint density at radius 2 is 2.17 bits per heavy atom. The molecule has 2 heteroatoms. The first-order valence-corrected chi connectivity index (χ1v) is 6.62. The fourth-order valence-corrected chi connectivity index (χ4v) is 1.87. The molecule has 98 valence electrons. The van der Waals surface area contributed by atoms with Gasteiger partial charge < -0.3 is 10.8 Å². The van der Waals surface area contributed by atoms with Crippen molar-refractivity contribution < 1.29 is 5.11 Å². The first-order chi connectivity index (χ1) is 8.57. The molecular formula is C16H23NO. The van der Waals surface area contributed by atoms with Gasteiger partial charge in [-0.1, -0.05) is 37.3 Å². The molecule has 1 aromatic carbocycles. The van der Waals surface area contributed by atoms with Crippen molar-refractivity contribution in [2.24, 2.45) is 5.73 Å². The summed E-state index contributed by atoms with van der Waals surface area (Å²) >= 11 is 0. The maximum absolute atomic E-state index is 10.00. The number of nitrogens with two attached hydrogens (primary N) is 1. The van der Waals surface area contributed by atoms with Crippen LogP contribution in [0.3, 0.4) is 0 Å². The van der Waals surface area contributed by atoms with Crippen LogP contribution in [-0.4, -0.2) is 17.3 Å². The molecule has 1 atom stereocenters. The zero-order valence-electron chi connectivity index (χ0n) is 11.4. The zero-order valence-corrected chi connectivity index (χ0v) is 11.4. The second-order valence-electron chi connectivity index (χ2n) is 4.87. The van der Waals surface area contributed by atoms with E-state index in [-0.39, 0.29) is 0 Å². The summed E-state index contributed by atoms with van der Waals surface area (Å²) in [6.45, 7) is 4.52. The molecule has 0 spiro atoms. The predicted octanol–water partition coefficient (Wildman–Crippen LogP) is 2.48. The van der Waals surface area contributed by atoms with E-state index >= 15 is 0 Å². The van der Waals surface area contributed by atoms with E-state index in [1.807, 2.05) is 19.1 Å². The fraction of sp³-hybridized carbons (Fsp3) is 0.500. The topological polar surface area (TPSA) is 46.2 Å². The first kappa shape index (κ1) is 14.8. The summed E-state index contributed by atoms with van der Waals surface area (Å²) in [5.74, 6) is 6.00. The van der Waals surface area contributed by atoms with E-state index < -0.39 is 5.60 Å². The van der Waals surface area contributed by atoms with Gasteiger partial charge in [0.2, 0.25) is 0 Å². The van der Waals surface area contributed by atoms with Crippen molar-refractivity contribution in [1.82, 2.24) is 0 Å². The molecule has 0 bridgehead atoms. The maximum atomic E-state index is 10.00. The Kier molecular flexibility index (Phi) is 5.91. The third kappa shape index (κ3) is 5.35. The predicted molar refractivity (Wildman–Crippen MR) is 76.2 cm³/mol. The number of hydrogen-bond acceptors (Lipinski definition) is 2. The molecule has 2 nitrogen and oxygen atoms in total. The van der Waals surface area contributed by atoms with E-state index in [0.29, 0.717) is 13.0 Å². The third-order valence-corrected chi connectivity index (χ3v) is 2.81. The van der Waals surface area contributed by atoms with Crippen LogP contribution in [0.4, 0.5) is 0 Å². The summed E-state index contributed by atoms with van der Waals surface area (Å²) in [7, 11) is 0. The molecule has 18 heavy (non-hydrogen) atoms. The second kappa shape index (κ2) is 7.20. The monoisotopic (exact) mass is 245 g/mol. The van der Waals surface area contributed by atoms with Crippen LogP contribution in [0, 0.1) is 11.8 Å². The van der Waals surface area contributed by atoms with Crippen LogP contribution in [-0.2, 0) is 6.42 Å². The highest BCUT2D eigenvalue weighted by Crippen LogP contribution is 2.11. The van der Waals surface area contributed by atoms with Crippen molar-refractivity contribution in [3.8, 4) is 11.8 Å². The highest BCUT2D eigenvalue weighted by atomic mass is 16.3. The van der Waals surface area contributed by atoms with Crippen LogP contribution < -0.4 is 5.73 Å². The lowest BCUT2D eigenvalue weighted by molar-refractivity contribution is 0.111. The van der Waals surface area contributed by atoms with Gasteiger partial charge in [-0.05, 0) is 50.4 Å². The van der Waals surface area contributed by atoms with Gasteiger partial charge in [0, 0.05) is 5.56 Å². The van der Waals surface area contributed by atoms with Crippen molar-refractivity contribution in [2.75, 3.05) is 6.54 Å². The molecule has 3 N–H and O–H groups in total. The normalized spacial score (nSPS) is 13.6. The van der Waals surface area contributed by atoms with Crippen molar-refractivity contribution in [1.29, 1.82) is 0 Å². The molecule has 0 amide bonds. The lowest BCUT2D eigenvalue weighted by atomic mass is 10.0. The lowest BCUT2D eigenvalue weighted by Gasteiger charge is -2.14. The molecule has 0 aliphatic carbocycles. The third-order valence-electron chi connectivity index (χ3n) is 2.81. The van der Waals surface area contributed by atoms with Gasteiger partial charge in [0.05, 0.1) is 0 Å². The molecule has 1 aromatic rings. The molecule has 0 fully saturated rings. The molecule has 1 rings (SSSR count). The number of aryl methyl sites for hydroxylation is 1. The van der Waals surface area contributed by atoms with Gasteiger partial charge in [0.15, 0.2) is 0 Å². The second-order valence-corrected chi connectivity index (χ2v) is 4.87. The minimum absolute atomic E-state index is 0.701. The Hall–Kier alpha value is -1.30. The van der Waals surface area contributed by atoms with Crippen LogP contribution in [0.1, 0.15) is 44.2 Å². The highest BCUT2D eigenvalue weighted by Gasteiger charge is 2.14. The Bertz CT molecular complexity index is 426. The lowest BCUT2D eigenvalue weighted by Crippen LogP contribution is -2.20. The van der Waals surface area contributed by atoms with Gasteiger partial charge >= 0.3 is 0 Å². The van der Waals surface area contributed by atoms with Crippen LogP contribution in [0.2, 0.25) is 0 Å². The van der Waals surface area contributed by atoms with Crippen molar-refractivity contribution >= 4 is 0 Å². The summed E-state index contributed by atoms with van der Waals surface area (Å²) < 4.78 is 0. The van der Waals surface area contributed by atoms with E-state index in [9.17, 15) is 5.11 Å². The summed E-state index contributed by atoms with van der Waals surface area (Å²) in [5, 5.41) is 10.00. The van der Waals surface area contributed by atoms with Crippen molar-refractivity contribution in [3.63, 3.8) is 0 Å². The van der Waals surface area contributed by atoms with Crippen molar-refractivity contribution in [2.45, 2.75) is 45.1 Å². The van der Waals surface area contributed by atoms with E-state index in [1.165, 1.54) is 5.56 Å². The Morgan fingerprint density at radius 1 is 1.39 bits per heavy atom. The van der Waals surface area contributed by atoms with E-state index in [4.69, 9.17) is 5.73 Å². The minimum atomic E-state index is -0.887. The smallest absolute Gasteiger partial charge is 0.123 e. The quantitative estimate of drug-likeness (QED) is 0.783. The van der Waals surface area contributed by atoms with Gasteiger partial charge in [-0.15, -0.1) is 0 Å². The summed E-state index contributed by atoms with van der Waals surface area (Å²) in [4.78, 5) is 0. The van der Waals surface area contributed by atoms with Gasteiger partial charge in [-0.3, -0.25) is 0 Å². The molecule has 0 radical (unpaired) electrons. The summed E-state index contributed by atoms with van der Waals surface area (Å²) in [6, 6.07) is 8.14. The van der Waals surface area contributed by atoms with Gasteiger partial charge in [0.1, 0.15) is 5.60 Å². The van der Waals surface area contributed by atoms with Crippen LogP contribution in [0.5, 0.6) is 0 Å². The first-order valence-electron chi connectivity index (χ1n) is 6.62. The van der Waals surface area contributed by atoms with Crippen molar-refractivity contribution in [3.05, 3.63) is 35.4 Å². The largest absolute Gasteiger partial charge is 0.378 e. The fourth-order valence-electron chi connectivity index (χ4n) is 1.87. The minimum Gasteiger partial charge on any atom is -0.378 e. The van der Waals surface area contributed by atoms with Gasteiger partial charge in [-0.2, -0.15) is 0 Å². The molecular weight excluding hydrogens is 222 g/mol. The zero-order chi connectivity index (χ0) is 13.4. The van der Waals surface area contributed by atoms with E-state index in [1.54, 1.807) is 6.92 Å². The summed E-state index contributed by atoms with van der Waals surface area (Å²) in [6.07, 6.45) is 3.60. The van der Waals surface area contributed by atoms with Crippen LogP contribution in [0.25, 0.3) is 0 Å². The average Bonchev–Trinajstić information content (AvgIpc) is 2.35. The number of hydrogen-bond donors (Lipinski definition) is 2. The molecule has 0 aromatic heterocycles. The number of benzene rings is 1.